The van der Waals surface area contributed by atoms with Crippen LogP contribution in [-0.4, -0.2) is 42.8 Å². The summed E-state index contributed by atoms with van der Waals surface area (Å²) >= 11 is 0. The van der Waals surface area contributed by atoms with E-state index in [1.807, 2.05) is 0 Å². The molecule has 0 saturated heterocycles. The Morgan fingerprint density at radius 2 is 1.89 bits per heavy atom. The van der Waals surface area contributed by atoms with Gasteiger partial charge >= 0.3 is 6.03 Å². The Hall–Kier alpha value is -1.14. The molecule has 0 aromatic rings. The first-order valence-electron chi connectivity index (χ1n) is 6.47. The van der Waals surface area contributed by atoms with Crippen LogP contribution >= 0.6 is 0 Å². The molecular formula is C12H23N3O3. The molecule has 1 aliphatic carbocycles. The van der Waals surface area contributed by atoms with Gasteiger partial charge in [-0.2, -0.15) is 0 Å². The molecule has 0 radical (unpaired) electrons. The first-order valence-corrected chi connectivity index (χ1v) is 6.47. The number of carbonyl (C=O) groups excluding carboxylic acids is 2. The number of aliphatic hydroxyl groups is 1. The summed E-state index contributed by atoms with van der Waals surface area (Å²) in [4.78, 5) is 22.5. The Balaban J connectivity index is 2.21. The lowest BCUT2D eigenvalue weighted by atomic mass is 9.87. The molecule has 6 heteroatoms. The number of carbonyl (C=O) groups is 2. The topological polar surface area (TPSA) is 90.5 Å². The largest absolute Gasteiger partial charge is 0.393 e. The summed E-state index contributed by atoms with van der Waals surface area (Å²) < 4.78 is 0. The Labute approximate surface area is 108 Å². The van der Waals surface area contributed by atoms with Crippen molar-refractivity contribution in [1.29, 1.82) is 0 Å². The van der Waals surface area contributed by atoms with E-state index in [1.165, 1.54) is 7.05 Å². The maximum absolute atomic E-state index is 11.6. The van der Waals surface area contributed by atoms with Gasteiger partial charge in [0.1, 0.15) is 0 Å². The first kappa shape index (κ1) is 14.9. The normalized spacial score (nSPS) is 25.3. The average Bonchev–Trinajstić information content (AvgIpc) is 2.37. The quantitative estimate of drug-likeness (QED) is 0.569. The number of rotatable bonds is 4. The smallest absolute Gasteiger partial charge is 0.321 e. The number of amides is 3. The monoisotopic (exact) mass is 257 g/mol. The zero-order valence-electron chi connectivity index (χ0n) is 11.0. The van der Waals surface area contributed by atoms with Crippen molar-refractivity contribution in [3.63, 3.8) is 0 Å². The second kappa shape index (κ2) is 7.33. The molecular weight excluding hydrogens is 234 g/mol. The van der Waals surface area contributed by atoms with Crippen LogP contribution in [0.4, 0.5) is 4.79 Å². The molecule has 0 aliphatic heterocycles. The fourth-order valence-corrected chi connectivity index (χ4v) is 2.07. The van der Waals surface area contributed by atoms with Crippen molar-refractivity contribution in [3.8, 4) is 0 Å². The van der Waals surface area contributed by atoms with E-state index >= 15 is 0 Å². The minimum Gasteiger partial charge on any atom is -0.393 e. The van der Waals surface area contributed by atoms with Crippen LogP contribution in [-0.2, 0) is 4.79 Å². The van der Waals surface area contributed by atoms with E-state index in [-0.39, 0.29) is 12.0 Å². The standard InChI is InChI=1S/C12H23N3O3/c1-8(11(17)15-12(18)13-2)14-7-9-3-5-10(16)6-4-9/h8-10,14,16H,3-7H2,1-2H3,(H2,13,15,17,18). The molecule has 1 unspecified atom stereocenters. The molecule has 18 heavy (non-hydrogen) atoms. The van der Waals surface area contributed by atoms with Gasteiger partial charge in [-0.05, 0) is 45.1 Å². The molecule has 1 fully saturated rings. The molecule has 3 amide bonds. The van der Waals surface area contributed by atoms with Crippen LogP contribution in [0.25, 0.3) is 0 Å². The molecule has 4 N–H and O–H groups in total. The molecule has 1 saturated carbocycles. The molecule has 6 nitrogen and oxygen atoms in total. The van der Waals surface area contributed by atoms with Crippen molar-refractivity contribution in [2.45, 2.75) is 44.8 Å². The fourth-order valence-electron chi connectivity index (χ4n) is 2.07. The highest BCUT2D eigenvalue weighted by atomic mass is 16.3. The molecule has 1 atom stereocenters. The zero-order valence-corrected chi connectivity index (χ0v) is 11.0. The SMILES string of the molecule is CNC(=O)NC(=O)C(C)NCC1CCC(O)CC1. The number of hydrogen-bond donors (Lipinski definition) is 4. The summed E-state index contributed by atoms with van der Waals surface area (Å²) in [5.74, 6) is 0.175. The van der Waals surface area contributed by atoms with Gasteiger partial charge in [-0.1, -0.05) is 0 Å². The number of aliphatic hydroxyl groups excluding tert-OH is 1. The van der Waals surface area contributed by atoms with Gasteiger partial charge in [0, 0.05) is 7.05 Å². The minimum atomic E-state index is -0.491. The van der Waals surface area contributed by atoms with Gasteiger partial charge in [-0.3, -0.25) is 10.1 Å². The maximum atomic E-state index is 11.6. The van der Waals surface area contributed by atoms with Gasteiger partial charge in [0.25, 0.3) is 0 Å². The second-order valence-corrected chi connectivity index (χ2v) is 4.87. The number of nitrogens with one attached hydrogen (secondary N) is 3. The highest BCUT2D eigenvalue weighted by molar-refractivity contribution is 5.96. The summed E-state index contributed by atoms with van der Waals surface area (Å²) in [5.41, 5.74) is 0. The van der Waals surface area contributed by atoms with E-state index in [0.29, 0.717) is 5.92 Å². The van der Waals surface area contributed by atoms with Gasteiger partial charge in [0.05, 0.1) is 12.1 Å². The lowest BCUT2D eigenvalue weighted by Gasteiger charge is -2.26. The summed E-state index contributed by atoms with van der Waals surface area (Å²) in [5, 5.41) is 17.1. The number of imide groups is 1. The Morgan fingerprint density at radius 3 is 2.44 bits per heavy atom. The van der Waals surface area contributed by atoms with E-state index in [9.17, 15) is 14.7 Å². The lowest BCUT2D eigenvalue weighted by Crippen LogP contribution is -2.48. The summed E-state index contributed by atoms with van der Waals surface area (Å²) in [7, 11) is 1.47. The van der Waals surface area contributed by atoms with Crippen molar-refractivity contribution in [3.05, 3.63) is 0 Å². The predicted octanol–water partition coefficient (Wildman–Crippen LogP) is -0.0288. The highest BCUT2D eigenvalue weighted by Gasteiger charge is 2.21. The molecule has 0 aromatic heterocycles. The van der Waals surface area contributed by atoms with Crippen LogP contribution in [0.3, 0.4) is 0 Å². The molecule has 0 bridgehead atoms. The Kier molecular flexibility index (Phi) is 6.07. The van der Waals surface area contributed by atoms with Gasteiger partial charge in [0.2, 0.25) is 5.91 Å². The third-order valence-corrected chi connectivity index (χ3v) is 3.39. The third-order valence-electron chi connectivity index (χ3n) is 3.39. The lowest BCUT2D eigenvalue weighted by molar-refractivity contribution is -0.121. The van der Waals surface area contributed by atoms with Gasteiger partial charge in [-0.25, -0.2) is 4.79 Å². The highest BCUT2D eigenvalue weighted by Crippen LogP contribution is 2.23. The van der Waals surface area contributed by atoms with Gasteiger partial charge in [-0.15, -0.1) is 0 Å². The summed E-state index contributed by atoms with van der Waals surface area (Å²) in [6.07, 6.45) is 3.49. The first-order chi connectivity index (χ1) is 8.52. The predicted molar refractivity (Wildman–Crippen MR) is 68.0 cm³/mol. The molecule has 0 aromatic carbocycles. The van der Waals surface area contributed by atoms with Crippen molar-refractivity contribution in [2.24, 2.45) is 5.92 Å². The Morgan fingerprint density at radius 1 is 1.28 bits per heavy atom. The van der Waals surface area contributed by atoms with E-state index in [1.54, 1.807) is 6.92 Å². The van der Waals surface area contributed by atoms with Crippen LogP contribution in [0.2, 0.25) is 0 Å². The molecule has 1 aliphatic rings. The van der Waals surface area contributed by atoms with E-state index in [4.69, 9.17) is 0 Å². The minimum absolute atomic E-state index is 0.157. The van der Waals surface area contributed by atoms with E-state index in [0.717, 1.165) is 32.2 Å². The van der Waals surface area contributed by atoms with Gasteiger partial charge < -0.3 is 15.7 Å². The van der Waals surface area contributed by atoms with Crippen molar-refractivity contribution < 1.29 is 14.7 Å². The number of hydrogen-bond acceptors (Lipinski definition) is 4. The second-order valence-electron chi connectivity index (χ2n) is 4.87. The molecule has 0 spiro atoms. The van der Waals surface area contributed by atoms with Crippen LogP contribution in [0.5, 0.6) is 0 Å². The molecule has 104 valence electrons. The summed E-state index contributed by atoms with van der Waals surface area (Å²) in [6.45, 7) is 2.48. The molecule has 0 heterocycles. The van der Waals surface area contributed by atoms with Crippen molar-refractivity contribution in [2.75, 3.05) is 13.6 Å². The van der Waals surface area contributed by atoms with Crippen LogP contribution in [0.15, 0.2) is 0 Å². The van der Waals surface area contributed by atoms with Crippen LogP contribution < -0.4 is 16.0 Å². The maximum Gasteiger partial charge on any atom is 0.321 e. The third kappa shape index (κ3) is 5.01. The van der Waals surface area contributed by atoms with E-state index in [2.05, 4.69) is 16.0 Å². The van der Waals surface area contributed by atoms with E-state index < -0.39 is 12.1 Å². The molecule has 1 rings (SSSR count). The van der Waals surface area contributed by atoms with Crippen molar-refractivity contribution in [1.82, 2.24) is 16.0 Å². The average molecular weight is 257 g/mol. The van der Waals surface area contributed by atoms with Crippen molar-refractivity contribution >= 4 is 11.9 Å². The zero-order chi connectivity index (χ0) is 13.5. The van der Waals surface area contributed by atoms with Crippen LogP contribution in [0, 0.1) is 5.92 Å². The fraction of sp³-hybridized carbons (Fsp3) is 0.833. The number of urea groups is 1. The van der Waals surface area contributed by atoms with Gasteiger partial charge in [0.15, 0.2) is 0 Å². The summed E-state index contributed by atoms with van der Waals surface area (Å²) in [6, 6.07) is -0.886. The Bertz CT molecular complexity index is 288. The van der Waals surface area contributed by atoms with Crippen LogP contribution in [0.1, 0.15) is 32.6 Å².